The molecule has 102 valence electrons. The van der Waals surface area contributed by atoms with E-state index >= 15 is 0 Å². The molecule has 0 bridgehead atoms. The highest BCUT2D eigenvalue weighted by Gasteiger charge is 1.97. The van der Waals surface area contributed by atoms with Gasteiger partial charge in [-0.25, -0.2) is 0 Å². The van der Waals surface area contributed by atoms with Crippen LogP contribution in [0, 0.1) is 20.8 Å². The van der Waals surface area contributed by atoms with Crippen LogP contribution in [0.5, 0.6) is 0 Å². The van der Waals surface area contributed by atoms with Gasteiger partial charge in [0.15, 0.2) is 0 Å². The first-order chi connectivity index (χ1) is 8.81. The van der Waals surface area contributed by atoms with Crippen molar-refractivity contribution in [3.05, 3.63) is 47.0 Å². The Morgan fingerprint density at radius 3 is 1.58 bits per heavy atom. The van der Waals surface area contributed by atoms with Crippen LogP contribution in [0.25, 0.3) is 0 Å². The standard InChI is InChI=1S/C8H12N2.C7H10N2/c1-5-3-7(9)4-6(2)8(5)10;1-5-2-3-6(8)4-7(5)9/h3-4H,9-10H2,1-2H3;2-4H,8-9H2,1H3. The van der Waals surface area contributed by atoms with Gasteiger partial charge >= 0.3 is 0 Å². The molecule has 19 heavy (non-hydrogen) atoms. The number of nitrogen functional groups attached to an aromatic ring is 4. The number of hydrogen-bond donors (Lipinski definition) is 4. The molecule has 0 aliphatic heterocycles. The van der Waals surface area contributed by atoms with E-state index < -0.39 is 0 Å². The summed E-state index contributed by atoms with van der Waals surface area (Å²) in [5, 5.41) is 0. The SMILES string of the molecule is Cc1cc(N)cc(C)c1N.Cc1ccc(N)cc1N. The van der Waals surface area contributed by atoms with Crippen molar-refractivity contribution in [1.82, 2.24) is 0 Å². The fraction of sp³-hybridized carbons (Fsp3) is 0.200. The van der Waals surface area contributed by atoms with E-state index in [2.05, 4.69) is 0 Å². The van der Waals surface area contributed by atoms with Gasteiger partial charge in [-0.3, -0.25) is 0 Å². The van der Waals surface area contributed by atoms with Crippen molar-refractivity contribution in [2.24, 2.45) is 0 Å². The van der Waals surface area contributed by atoms with E-state index in [0.717, 1.165) is 39.4 Å². The molecule has 2 rings (SSSR count). The normalized spacial score (nSPS) is 9.63. The van der Waals surface area contributed by atoms with Gasteiger partial charge in [-0.15, -0.1) is 0 Å². The number of nitrogens with two attached hydrogens (primary N) is 4. The largest absolute Gasteiger partial charge is 0.399 e. The van der Waals surface area contributed by atoms with E-state index in [-0.39, 0.29) is 0 Å². The van der Waals surface area contributed by atoms with Crippen LogP contribution < -0.4 is 22.9 Å². The summed E-state index contributed by atoms with van der Waals surface area (Å²) in [6.07, 6.45) is 0. The molecule has 0 radical (unpaired) electrons. The van der Waals surface area contributed by atoms with Crippen molar-refractivity contribution >= 4 is 22.7 Å². The molecule has 0 amide bonds. The molecule has 0 saturated carbocycles. The van der Waals surface area contributed by atoms with Gasteiger partial charge in [0.2, 0.25) is 0 Å². The minimum absolute atomic E-state index is 0.720. The third-order valence-corrected chi connectivity index (χ3v) is 2.92. The van der Waals surface area contributed by atoms with Crippen molar-refractivity contribution in [3.63, 3.8) is 0 Å². The Balaban J connectivity index is 0.000000191. The van der Waals surface area contributed by atoms with Crippen LogP contribution in [0.2, 0.25) is 0 Å². The monoisotopic (exact) mass is 258 g/mol. The minimum atomic E-state index is 0.720. The lowest BCUT2D eigenvalue weighted by Crippen LogP contribution is -1.95. The van der Waals surface area contributed by atoms with Crippen LogP contribution in [0.4, 0.5) is 22.7 Å². The lowest BCUT2D eigenvalue weighted by Gasteiger charge is -2.04. The van der Waals surface area contributed by atoms with Crippen LogP contribution in [0.1, 0.15) is 16.7 Å². The molecule has 0 fully saturated rings. The number of benzene rings is 2. The average Bonchev–Trinajstić information content (AvgIpc) is 2.32. The van der Waals surface area contributed by atoms with Gasteiger partial charge in [0.1, 0.15) is 0 Å². The van der Waals surface area contributed by atoms with Gasteiger partial charge < -0.3 is 22.9 Å². The Bertz CT molecular complexity index is 553. The predicted molar refractivity (Wildman–Crippen MR) is 84.7 cm³/mol. The molecular weight excluding hydrogens is 236 g/mol. The highest BCUT2D eigenvalue weighted by Crippen LogP contribution is 2.19. The molecule has 8 N–H and O–H groups in total. The summed E-state index contributed by atoms with van der Waals surface area (Å²) < 4.78 is 0. The molecule has 0 atom stereocenters. The van der Waals surface area contributed by atoms with Gasteiger partial charge in [0.25, 0.3) is 0 Å². The van der Waals surface area contributed by atoms with Crippen LogP contribution in [-0.4, -0.2) is 0 Å². The second-order valence-electron chi connectivity index (χ2n) is 4.68. The van der Waals surface area contributed by atoms with Crippen molar-refractivity contribution in [1.29, 1.82) is 0 Å². The van der Waals surface area contributed by atoms with Gasteiger partial charge in [0, 0.05) is 22.7 Å². The Hall–Kier alpha value is -2.36. The zero-order valence-electron chi connectivity index (χ0n) is 11.7. The summed E-state index contributed by atoms with van der Waals surface area (Å²) in [6.45, 7) is 5.87. The molecule has 0 spiro atoms. The van der Waals surface area contributed by atoms with Crippen LogP contribution >= 0.6 is 0 Å². The topological polar surface area (TPSA) is 104 Å². The third kappa shape index (κ3) is 4.10. The molecule has 0 aliphatic rings. The maximum atomic E-state index is 5.70. The lowest BCUT2D eigenvalue weighted by molar-refractivity contribution is 1.39. The molecular formula is C15H22N4. The first-order valence-electron chi connectivity index (χ1n) is 6.05. The molecule has 0 unspecified atom stereocenters. The first-order valence-corrected chi connectivity index (χ1v) is 6.05. The lowest BCUT2D eigenvalue weighted by atomic mass is 10.1. The fourth-order valence-electron chi connectivity index (χ4n) is 1.67. The van der Waals surface area contributed by atoms with Crippen molar-refractivity contribution < 1.29 is 0 Å². The van der Waals surface area contributed by atoms with Crippen LogP contribution in [0.15, 0.2) is 30.3 Å². The smallest absolute Gasteiger partial charge is 0.0374 e. The Morgan fingerprint density at radius 1 is 0.632 bits per heavy atom. The van der Waals surface area contributed by atoms with Crippen molar-refractivity contribution in [3.8, 4) is 0 Å². The van der Waals surface area contributed by atoms with Gasteiger partial charge in [0.05, 0.1) is 0 Å². The van der Waals surface area contributed by atoms with Crippen LogP contribution in [-0.2, 0) is 0 Å². The van der Waals surface area contributed by atoms with Gasteiger partial charge in [-0.1, -0.05) is 6.07 Å². The predicted octanol–water partition coefficient (Wildman–Crippen LogP) is 2.63. The quantitative estimate of drug-likeness (QED) is 0.545. The second kappa shape index (κ2) is 6.00. The summed E-state index contributed by atoms with van der Waals surface area (Å²) in [6, 6.07) is 9.26. The minimum Gasteiger partial charge on any atom is -0.399 e. The maximum absolute atomic E-state index is 5.70. The molecule has 0 aromatic heterocycles. The van der Waals surface area contributed by atoms with Crippen molar-refractivity contribution in [2.75, 3.05) is 22.9 Å². The molecule has 0 heterocycles. The Morgan fingerprint density at radius 2 is 1.16 bits per heavy atom. The molecule has 0 saturated heterocycles. The average molecular weight is 258 g/mol. The van der Waals surface area contributed by atoms with E-state index in [0.29, 0.717) is 0 Å². The molecule has 2 aromatic carbocycles. The van der Waals surface area contributed by atoms with Crippen molar-refractivity contribution in [2.45, 2.75) is 20.8 Å². The van der Waals surface area contributed by atoms with Gasteiger partial charge in [-0.05, 0) is 61.7 Å². The van der Waals surface area contributed by atoms with E-state index in [1.807, 2.05) is 45.0 Å². The maximum Gasteiger partial charge on any atom is 0.0374 e. The summed E-state index contributed by atoms with van der Waals surface area (Å²) in [5.41, 5.74) is 28.5. The van der Waals surface area contributed by atoms with E-state index in [9.17, 15) is 0 Å². The van der Waals surface area contributed by atoms with E-state index in [1.54, 1.807) is 6.07 Å². The first kappa shape index (κ1) is 14.7. The Labute approximate surface area is 114 Å². The molecule has 0 aliphatic carbocycles. The Kier molecular flexibility index (Phi) is 4.64. The number of anilines is 4. The summed E-state index contributed by atoms with van der Waals surface area (Å²) in [4.78, 5) is 0. The molecule has 2 aromatic rings. The highest BCUT2D eigenvalue weighted by molar-refractivity contribution is 5.60. The highest BCUT2D eigenvalue weighted by atomic mass is 14.6. The second-order valence-corrected chi connectivity index (χ2v) is 4.68. The number of hydrogen-bond acceptors (Lipinski definition) is 4. The fourth-order valence-corrected chi connectivity index (χ4v) is 1.67. The zero-order chi connectivity index (χ0) is 14.6. The van der Waals surface area contributed by atoms with E-state index in [1.165, 1.54) is 0 Å². The van der Waals surface area contributed by atoms with Gasteiger partial charge in [-0.2, -0.15) is 0 Å². The summed E-state index contributed by atoms with van der Waals surface area (Å²) in [5.74, 6) is 0. The van der Waals surface area contributed by atoms with E-state index in [4.69, 9.17) is 22.9 Å². The van der Waals surface area contributed by atoms with Crippen LogP contribution in [0.3, 0.4) is 0 Å². The number of aryl methyl sites for hydroxylation is 3. The number of rotatable bonds is 0. The zero-order valence-corrected chi connectivity index (χ0v) is 11.7. The molecule has 4 nitrogen and oxygen atoms in total. The summed E-state index contributed by atoms with van der Waals surface area (Å²) >= 11 is 0. The molecule has 4 heteroatoms. The summed E-state index contributed by atoms with van der Waals surface area (Å²) in [7, 11) is 0. The third-order valence-electron chi connectivity index (χ3n) is 2.92.